The maximum absolute atomic E-state index is 12.7. The van der Waals surface area contributed by atoms with Crippen LogP contribution in [-0.4, -0.2) is 29.5 Å². The lowest BCUT2D eigenvalue weighted by Gasteiger charge is -2.22. The number of nitrogens with one attached hydrogen (secondary N) is 1. The molecule has 1 aliphatic rings. The third kappa shape index (κ3) is 5.26. The summed E-state index contributed by atoms with van der Waals surface area (Å²) in [5, 5.41) is 7.49. The third-order valence-electron chi connectivity index (χ3n) is 5.20. The van der Waals surface area contributed by atoms with Crippen LogP contribution in [0.25, 0.3) is 5.69 Å². The van der Waals surface area contributed by atoms with E-state index in [1.165, 1.54) is 35.1 Å². The molecule has 3 aromatic rings. The molecule has 1 N–H and O–H groups in total. The van der Waals surface area contributed by atoms with Crippen molar-refractivity contribution in [1.82, 2.24) is 9.78 Å². The third-order valence-corrected chi connectivity index (χ3v) is 5.57. The van der Waals surface area contributed by atoms with Crippen molar-refractivity contribution in [3.05, 3.63) is 75.7 Å². The lowest BCUT2D eigenvalue weighted by Crippen LogP contribution is -2.26. The Hall–Kier alpha value is -2.97. The molecule has 32 heavy (non-hydrogen) atoms. The predicted molar refractivity (Wildman–Crippen MR) is 118 cm³/mol. The Kier molecular flexibility index (Phi) is 7.02. The quantitative estimate of drug-likeness (QED) is 0.506. The number of ether oxygens (including phenoxy) is 2. The summed E-state index contributed by atoms with van der Waals surface area (Å²) in [6.45, 7) is 2.15. The Balaban J connectivity index is 1.44. The number of hydrogen-bond acceptors (Lipinski definition) is 5. The normalized spacial score (nSPS) is 16.2. The molecule has 0 aliphatic carbocycles. The summed E-state index contributed by atoms with van der Waals surface area (Å²) < 4.78 is 37.6. The van der Waals surface area contributed by atoms with Crippen molar-refractivity contribution in [1.29, 1.82) is 0 Å². The molecule has 1 atom stereocenters. The molecule has 4 rings (SSSR count). The van der Waals surface area contributed by atoms with E-state index >= 15 is 0 Å². The fourth-order valence-electron chi connectivity index (χ4n) is 3.44. The lowest BCUT2D eigenvalue weighted by atomic mass is 10.0. The van der Waals surface area contributed by atoms with Gasteiger partial charge in [-0.25, -0.2) is 8.78 Å². The average Bonchev–Trinajstić information content (AvgIpc) is 2.82. The van der Waals surface area contributed by atoms with Crippen molar-refractivity contribution < 1.29 is 18.3 Å². The van der Waals surface area contributed by atoms with Gasteiger partial charge >= 0.3 is 0 Å². The maximum atomic E-state index is 12.7. The summed E-state index contributed by atoms with van der Waals surface area (Å²) >= 11 is 6.29. The molecule has 0 bridgehead atoms. The summed E-state index contributed by atoms with van der Waals surface area (Å²) in [4.78, 5) is 12.7. The fraction of sp³-hybridized carbons (Fsp3) is 0.304. The molecule has 168 valence electrons. The Morgan fingerprint density at radius 1 is 1.16 bits per heavy atom. The Bertz CT molecular complexity index is 1100. The first-order valence-corrected chi connectivity index (χ1v) is 10.6. The predicted octanol–water partition coefficient (Wildman–Crippen LogP) is 5.45. The van der Waals surface area contributed by atoms with E-state index in [2.05, 4.69) is 10.4 Å². The van der Waals surface area contributed by atoms with Gasteiger partial charge in [0.05, 0.1) is 24.2 Å². The van der Waals surface area contributed by atoms with Crippen molar-refractivity contribution >= 4 is 17.3 Å². The number of alkyl halides is 2. The lowest BCUT2D eigenvalue weighted by molar-refractivity contribution is 0.0595. The van der Waals surface area contributed by atoms with E-state index in [4.69, 9.17) is 21.1 Å². The van der Waals surface area contributed by atoms with Crippen LogP contribution in [0.2, 0.25) is 5.02 Å². The van der Waals surface area contributed by atoms with Crippen LogP contribution < -0.4 is 15.6 Å². The van der Waals surface area contributed by atoms with Crippen molar-refractivity contribution in [2.24, 2.45) is 5.92 Å². The van der Waals surface area contributed by atoms with Crippen LogP contribution in [0.5, 0.6) is 11.5 Å². The van der Waals surface area contributed by atoms with Crippen LogP contribution in [0.1, 0.15) is 24.8 Å². The monoisotopic (exact) mass is 461 g/mol. The molecule has 1 aromatic heterocycles. The highest BCUT2D eigenvalue weighted by molar-refractivity contribution is 6.32. The van der Waals surface area contributed by atoms with Gasteiger partial charge in [0, 0.05) is 18.7 Å². The Labute approximate surface area is 188 Å². The highest BCUT2D eigenvalue weighted by Gasteiger charge is 2.16. The van der Waals surface area contributed by atoms with Crippen LogP contribution in [-0.2, 0) is 4.74 Å². The largest absolute Gasteiger partial charge is 0.457 e. The van der Waals surface area contributed by atoms with Gasteiger partial charge in [0.15, 0.2) is 0 Å². The molecule has 1 aliphatic heterocycles. The number of nitrogens with zero attached hydrogens (tertiary/aromatic N) is 2. The molecule has 0 spiro atoms. The molecule has 0 radical (unpaired) electrons. The molecular formula is C23H22ClF2N3O3. The minimum Gasteiger partial charge on any atom is -0.457 e. The minimum absolute atomic E-state index is 0.0659. The summed E-state index contributed by atoms with van der Waals surface area (Å²) in [5.41, 5.74) is 0.503. The van der Waals surface area contributed by atoms with Crippen LogP contribution in [0.15, 0.2) is 59.5 Å². The molecule has 0 amide bonds. The van der Waals surface area contributed by atoms with Crippen molar-refractivity contribution in [2.75, 3.05) is 25.1 Å². The second-order valence-electron chi connectivity index (χ2n) is 7.52. The van der Waals surface area contributed by atoms with E-state index in [1.807, 2.05) is 0 Å². The molecule has 9 heteroatoms. The molecule has 1 fully saturated rings. The topological polar surface area (TPSA) is 65.4 Å². The number of hydrogen-bond donors (Lipinski definition) is 1. The van der Waals surface area contributed by atoms with Crippen LogP contribution in [0, 0.1) is 5.92 Å². The van der Waals surface area contributed by atoms with Gasteiger partial charge in [-0.2, -0.15) is 9.78 Å². The number of benzene rings is 2. The number of rotatable bonds is 7. The Morgan fingerprint density at radius 2 is 1.84 bits per heavy atom. The highest BCUT2D eigenvalue weighted by atomic mass is 35.5. The van der Waals surface area contributed by atoms with E-state index in [9.17, 15) is 13.6 Å². The molecule has 0 saturated carbocycles. The number of aromatic nitrogens is 2. The van der Waals surface area contributed by atoms with E-state index in [1.54, 1.807) is 24.3 Å². The van der Waals surface area contributed by atoms with Crippen LogP contribution in [0.3, 0.4) is 0 Å². The van der Waals surface area contributed by atoms with Crippen molar-refractivity contribution in [3.63, 3.8) is 0 Å². The molecule has 2 aromatic carbocycles. The summed E-state index contributed by atoms with van der Waals surface area (Å²) in [6, 6.07) is 12.2. The average molecular weight is 462 g/mol. The first-order valence-electron chi connectivity index (χ1n) is 10.3. The molecular weight excluding hydrogens is 440 g/mol. The first-order chi connectivity index (χ1) is 15.5. The highest BCUT2D eigenvalue weighted by Crippen LogP contribution is 2.26. The molecule has 6 nitrogen and oxygen atoms in total. The Morgan fingerprint density at radius 3 is 2.47 bits per heavy atom. The van der Waals surface area contributed by atoms with Gasteiger partial charge in [-0.1, -0.05) is 11.6 Å². The zero-order valence-electron chi connectivity index (χ0n) is 17.1. The second-order valence-corrected chi connectivity index (χ2v) is 7.90. The van der Waals surface area contributed by atoms with Gasteiger partial charge in [-0.3, -0.25) is 4.79 Å². The van der Waals surface area contributed by atoms with E-state index in [0.29, 0.717) is 41.9 Å². The SMILES string of the molecule is O=c1c(Cl)c(NC[C@H]2CCCOC2)cnn1-c1ccc(Oc2ccc(C(F)F)cc2)cc1. The summed E-state index contributed by atoms with van der Waals surface area (Å²) in [6.07, 6.45) is 1.10. The van der Waals surface area contributed by atoms with Gasteiger partial charge < -0.3 is 14.8 Å². The van der Waals surface area contributed by atoms with Crippen LogP contribution in [0.4, 0.5) is 14.5 Å². The van der Waals surface area contributed by atoms with Gasteiger partial charge in [0.2, 0.25) is 0 Å². The standard InChI is InChI=1S/C23H22ClF2N3O3/c24-21-20(27-12-15-2-1-11-31-14-15)13-28-29(23(21)30)17-5-9-19(10-6-17)32-18-7-3-16(4-8-18)22(25)26/h3-10,13,15,22,27H,1-2,11-12,14H2/t15-/m1/s1. The van der Waals surface area contributed by atoms with E-state index < -0.39 is 12.0 Å². The van der Waals surface area contributed by atoms with E-state index in [-0.39, 0.29) is 10.6 Å². The van der Waals surface area contributed by atoms with Crippen molar-refractivity contribution in [3.8, 4) is 17.2 Å². The van der Waals surface area contributed by atoms with Gasteiger partial charge in [0.1, 0.15) is 16.5 Å². The van der Waals surface area contributed by atoms with Crippen LogP contribution >= 0.6 is 11.6 Å². The summed E-state index contributed by atoms with van der Waals surface area (Å²) in [5.74, 6) is 1.30. The zero-order valence-corrected chi connectivity index (χ0v) is 17.9. The smallest absolute Gasteiger partial charge is 0.292 e. The van der Waals surface area contributed by atoms with Crippen molar-refractivity contribution in [2.45, 2.75) is 19.3 Å². The second kappa shape index (κ2) is 10.1. The van der Waals surface area contributed by atoms with Gasteiger partial charge in [-0.05, 0) is 67.3 Å². The number of halogens is 3. The fourth-order valence-corrected chi connectivity index (χ4v) is 3.63. The zero-order chi connectivity index (χ0) is 22.5. The molecule has 2 heterocycles. The van der Waals surface area contributed by atoms with E-state index in [0.717, 1.165) is 19.4 Å². The number of anilines is 1. The summed E-state index contributed by atoms with van der Waals surface area (Å²) in [7, 11) is 0. The van der Waals surface area contributed by atoms with Gasteiger partial charge in [0.25, 0.3) is 12.0 Å². The maximum Gasteiger partial charge on any atom is 0.292 e. The molecule has 0 unspecified atom stereocenters. The van der Waals surface area contributed by atoms with Gasteiger partial charge in [-0.15, -0.1) is 0 Å². The first kappa shape index (κ1) is 22.2. The minimum atomic E-state index is -2.52. The molecule has 1 saturated heterocycles.